The van der Waals surface area contributed by atoms with Gasteiger partial charge < -0.3 is 19.5 Å². The van der Waals surface area contributed by atoms with E-state index < -0.39 is 10.0 Å². The number of nitrogens with zero attached hydrogens (tertiary/aromatic N) is 1. The van der Waals surface area contributed by atoms with Gasteiger partial charge in [0.2, 0.25) is 15.9 Å². The minimum absolute atomic E-state index is 0.0669. The third-order valence-electron chi connectivity index (χ3n) is 5.43. The molecule has 1 aliphatic heterocycles. The number of aryl methyl sites for hydroxylation is 1. The van der Waals surface area contributed by atoms with Crippen LogP contribution in [-0.2, 0) is 21.2 Å². The minimum atomic E-state index is -3.70. The maximum absolute atomic E-state index is 13.1. The highest BCUT2D eigenvalue weighted by Crippen LogP contribution is 2.31. The molecule has 1 aliphatic rings. The number of sulfonamides is 1. The lowest BCUT2D eigenvalue weighted by molar-refractivity contribution is -0.116. The van der Waals surface area contributed by atoms with Gasteiger partial charge in [-0.05, 0) is 55.2 Å². The van der Waals surface area contributed by atoms with Crippen LogP contribution in [0.5, 0.6) is 17.2 Å². The van der Waals surface area contributed by atoms with Crippen LogP contribution in [0.2, 0.25) is 0 Å². The molecule has 0 saturated carbocycles. The molecule has 0 spiro atoms. The largest absolute Gasteiger partial charge is 0.497 e. The fourth-order valence-corrected chi connectivity index (χ4v) is 5.39. The topological polar surface area (TPSA) is 94.2 Å². The first-order valence-corrected chi connectivity index (χ1v) is 12.0. The van der Waals surface area contributed by atoms with Gasteiger partial charge in [-0.15, -0.1) is 0 Å². The summed E-state index contributed by atoms with van der Waals surface area (Å²) < 4.78 is 43.6. The predicted octanol–water partition coefficient (Wildman–Crippen LogP) is 3.46. The zero-order valence-corrected chi connectivity index (χ0v) is 19.5. The van der Waals surface area contributed by atoms with Crippen molar-refractivity contribution in [3.05, 3.63) is 42.0 Å². The molecular formula is C23H30N2O6S. The summed E-state index contributed by atoms with van der Waals surface area (Å²) in [7, 11) is 0.879. The van der Waals surface area contributed by atoms with E-state index in [4.69, 9.17) is 14.2 Å². The molecule has 1 amide bonds. The molecule has 174 valence electrons. The predicted molar refractivity (Wildman–Crippen MR) is 122 cm³/mol. The molecule has 1 heterocycles. The van der Waals surface area contributed by atoms with Crippen LogP contribution in [0.1, 0.15) is 31.2 Å². The van der Waals surface area contributed by atoms with Crippen molar-refractivity contribution in [1.29, 1.82) is 0 Å². The lowest BCUT2D eigenvalue weighted by Crippen LogP contribution is -2.35. The van der Waals surface area contributed by atoms with Crippen LogP contribution in [0.4, 0.5) is 5.69 Å². The van der Waals surface area contributed by atoms with E-state index >= 15 is 0 Å². The number of benzene rings is 2. The molecule has 1 saturated heterocycles. The summed E-state index contributed by atoms with van der Waals surface area (Å²) in [5, 5.41) is 2.80. The quantitative estimate of drug-likeness (QED) is 0.613. The van der Waals surface area contributed by atoms with Crippen LogP contribution >= 0.6 is 0 Å². The summed E-state index contributed by atoms with van der Waals surface area (Å²) in [6, 6.07) is 10.2. The number of amides is 1. The number of ether oxygens (including phenoxy) is 3. The molecular weight excluding hydrogens is 432 g/mol. The van der Waals surface area contributed by atoms with Crippen LogP contribution in [0, 0.1) is 0 Å². The molecule has 0 atom stereocenters. The Bertz CT molecular complexity index is 1030. The lowest BCUT2D eigenvalue weighted by atomic mass is 10.1. The van der Waals surface area contributed by atoms with E-state index in [1.165, 1.54) is 17.5 Å². The molecule has 1 N–H and O–H groups in total. The Kier molecular flexibility index (Phi) is 7.98. The van der Waals surface area contributed by atoms with Crippen molar-refractivity contribution in [2.75, 3.05) is 39.7 Å². The number of carbonyl (C=O) groups is 1. The molecule has 2 aromatic carbocycles. The van der Waals surface area contributed by atoms with Crippen molar-refractivity contribution in [2.45, 2.75) is 37.0 Å². The van der Waals surface area contributed by atoms with Crippen LogP contribution in [0.15, 0.2) is 41.3 Å². The van der Waals surface area contributed by atoms with E-state index in [1.54, 1.807) is 32.4 Å². The highest BCUT2D eigenvalue weighted by molar-refractivity contribution is 7.89. The zero-order chi connectivity index (χ0) is 23.1. The Labute approximate surface area is 189 Å². The molecule has 0 aliphatic carbocycles. The third-order valence-corrected chi connectivity index (χ3v) is 7.35. The Morgan fingerprint density at radius 3 is 2.19 bits per heavy atom. The van der Waals surface area contributed by atoms with Crippen molar-refractivity contribution < 1.29 is 27.4 Å². The van der Waals surface area contributed by atoms with Gasteiger partial charge in [0.15, 0.2) is 0 Å². The molecule has 0 aromatic heterocycles. The maximum Gasteiger partial charge on any atom is 0.246 e. The second-order valence-electron chi connectivity index (χ2n) is 7.60. The summed E-state index contributed by atoms with van der Waals surface area (Å²) in [6.45, 7) is 0.984. The summed E-state index contributed by atoms with van der Waals surface area (Å²) in [4.78, 5) is 12.6. The standard InChI is InChI=1S/C23H30N2O6S/c1-29-19-13-17(14-20(16-19)30-2)7-10-23(26)24-18-8-9-21(31-3)22(15-18)32(27,28)25-11-5-4-6-12-25/h8-9,13-16H,4-7,10-12H2,1-3H3,(H,24,26). The molecule has 9 heteroatoms. The zero-order valence-electron chi connectivity index (χ0n) is 18.7. The normalized spacial score (nSPS) is 14.6. The van der Waals surface area contributed by atoms with Crippen LogP contribution in [0.3, 0.4) is 0 Å². The number of methoxy groups -OCH3 is 3. The second kappa shape index (κ2) is 10.7. The summed E-state index contributed by atoms with van der Waals surface area (Å²) in [5.41, 5.74) is 1.31. The Morgan fingerprint density at radius 2 is 1.59 bits per heavy atom. The second-order valence-corrected chi connectivity index (χ2v) is 9.51. The van der Waals surface area contributed by atoms with E-state index in [0.29, 0.717) is 36.7 Å². The molecule has 2 aromatic rings. The number of hydrogen-bond donors (Lipinski definition) is 1. The summed E-state index contributed by atoms with van der Waals surface area (Å²) in [5.74, 6) is 1.35. The average Bonchev–Trinajstić information content (AvgIpc) is 2.83. The number of nitrogens with one attached hydrogen (secondary N) is 1. The van der Waals surface area contributed by atoms with E-state index in [0.717, 1.165) is 24.8 Å². The Balaban J connectivity index is 1.72. The monoisotopic (exact) mass is 462 g/mol. The van der Waals surface area contributed by atoms with Crippen molar-refractivity contribution in [3.63, 3.8) is 0 Å². The van der Waals surface area contributed by atoms with E-state index in [-0.39, 0.29) is 23.0 Å². The van der Waals surface area contributed by atoms with Gasteiger partial charge in [0.05, 0.1) is 21.3 Å². The van der Waals surface area contributed by atoms with E-state index in [9.17, 15) is 13.2 Å². The van der Waals surface area contributed by atoms with Crippen molar-refractivity contribution in [3.8, 4) is 17.2 Å². The number of rotatable bonds is 9. The smallest absolute Gasteiger partial charge is 0.246 e. The summed E-state index contributed by atoms with van der Waals surface area (Å²) >= 11 is 0. The third kappa shape index (κ3) is 5.72. The SMILES string of the molecule is COc1cc(CCC(=O)Nc2ccc(OC)c(S(=O)(=O)N3CCCCC3)c2)cc(OC)c1. The van der Waals surface area contributed by atoms with Gasteiger partial charge in [-0.3, -0.25) is 4.79 Å². The molecule has 1 fully saturated rings. The van der Waals surface area contributed by atoms with Gasteiger partial charge in [-0.25, -0.2) is 8.42 Å². The first kappa shape index (κ1) is 23.9. The van der Waals surface area contributed by atoms with E-state index in [1.807, 2.05) is 12.1 Å². The highest BCUT2D eigenvalue weighted by atomic mass is 32.2. The van der Waals surface area contributed by atoms with Gasteiger partial charge in [0, 0.05) is 31.3 Å². The van der Waals surface area contributed by atoms with Gasteiger partial charge in [0.1, 0.15) is 22.1 Å². The molecule has 32 heavy (non-hydrogen) atoms. The number of carbonyl (C=O) groups excluding carboxylic acids is 1. The van der Waals surface area contributed by atoms with Crippen molar-refractivity contribution in [2.24, 2.45) is 0 Å². The fourth-order valence-electron chi connectivity index (χ4n) is 3.69. The molecule has 0 bridgehead atoms. The van der Waals surface area contributed by atoms with Crippen LogP contribution in [0.25, 0.3) is 0 Å². The first-order valence-electron chi connectivity index (χ1n) is 10.6. The van der Waals surface area contributed by atoms with Crippen molar-refractivity contribution in [1.82, 2.24) is 4.31 Å². The number of hydrogen-bond acceptors (Lipinski definition) is 6. The van der Waals surface area contributed by atoms with Gasteiger partial charge >= 0.3 is 0 Å². The highest BCUT2D eigenvalue weighted by Gasteiger charge is 2.29. The number of anilines is 1. The number of piperidine rings is 1. The average molecular weight is 463 g/mol. The first-order chi connectivity index (χ1) is 15.4. The molecule has 8 nitrogen and oxygen atoms in total. The summed E-state index contributed by atoms with van der Waals surface area (Å²) in [6.07, 6.45) is 3.41. The van der Waals surface area contributed by atoms with Gasteiger partial charge in [0.25, 0.3) is 0 Å². The van der Waals surface area contributed by atoms with Gasteiger partial charge in [-0.1, -0.05) is 6.42 Å². The molecule has 3 rings (SSSR count). The van der Waals surface area contributed by atoms with Crippen LogP contribution < -0.4 is 19.5 Å². The molecule has 0 unspecified atom stereocenters. The Morgan fingerprint density at radius 1 is 0.938 bits per heavy atom. The maximum atomic E-state index is 13.1. The minimum Gasteiger partial charge on any atom is -0.497 e. The lowest BCUT2D eigenvalue weighted by Gasteiger charge is -2.26. The Hall–Kier alpha value is -2.78. The van der Waals surface area contributed by atoms with Crippen molar-refractivity contribution >= 4 is 21.6 Å². The molecule has 0 radical (unpaired) electrons. The fraction of sp³-hybridized carbons (Fsp3) is 0.435. The van der Waals surface area contributed by atoms with Gasteiger partial charge in [-0.2, -0.15) is 4.31 Å². The van der Waals surface area contributed by atoms with E-state index in [2.05, 4.69) is 5.32 Å². The van der Waals surface area contributed by atoms with Crippen LogP contribution in [-0.4, -0.2) is 53.0 Å².